The van der Waals surface area contributed by atoms with E-state index in [1.54, 1.807) is 19.1 Å². The molecule has 2 aromatic rings. The van der Waals surface area contributed by atoms with Crippen molar-refractivity contribution in [2.45, 2.75) is 31.1 Å². The minimum Gasteiger partial charge on any atom is -0.325 e. The van der Waals surface area contributed by atoms with Crippen LogP contribution in [0.2, 0.25) is 0 Å². The predicted octanol–water partition coefficient (Wildman–Crippen LogP) is 4.12. The molecule has 0 aliphatic heterocycles. The molecule has 0 bridgehead atoms. The molecule has 0 saturated carbocycles. The van der Waals surface area contributed by atoms with Gasteiger partial charge >= 0.3 is 0 Å². The van der Waals surface area contributed by atoms with Gasteiger partial charge in [-0.15, -0.1) is 11.8 Å². The summed E-state index contributed by atoms with van der Waals surface area (Å²) in [6.45, 7) is 1.64. The molecule has 5 nitrogen and oxygen atoms in total. The predicted molar refractivity (Wildman–Crippen MR) is 95.7 cm³/mol. The van der Waals surface area contributed by atoms with Crippen molar-refractivity contribution < 1.29 is 9.72 Å². The third kappa shape index (κ3) is 3.59. The standard InChI is InChI=1S/C18H18N2O3S/c1-12-16(6-3-7-17(12)20(22)23)19-18(21)11-24-15-9-8-13-4-2-5-14(13)10-15/h3,6-10H,2,4-5,11H2,1H3,(H,19,21). The highest BCUT2D eigenvalue weighted by Gasteiger charge is 2.15. The van der Waals surface area contributed by atoms with Gasteiger partial charge in [-0.05, 0) is 55.5 Å². The van der Waals surface area contributed by atoms with Crippen LogP contribution in [0.4, 0.5) is 11.4 Å². The van der Waals surface area contributed by atoms with E-state index >= 15 is 0 Å². The number of fused-ring (bicyclic) bond motifs is 1. The first-order chi connectivity index (χ1) is 11.5. The van der Waals surface area contributed by atoms with Crippen molar-refractivity contribution in [2.75, 3.05) is 11.1 Å². The summed E-state index contributed by atoms with van der Waals surface area (Å²) in [5.74, 6) is 0.116. The zero-order valence-corrected chi connectivity index (χ0v) is 14.2. The maximum Gasteiger partial charge on any atom is 0.274 e. The van der Waals surface area contributed by atoms with E-state index in [0.29, 0.717) is 11.3 Å². The van der Waals surface area contributed by atoms with Gasteiger partial charge < -0.3 is 5.32 Å². The van der Waals surface area contributed by atoms with Crippen LogP contribution in [0, 0.1) is 17.0 Å². The molecule has 0 heterocycles. The molecule has 0 radical (unpaired) electrons. The quantitative estimate of drug-likeness (QED) is 0.504. The second-order valence-electron chi connectivity index (χ2n) is 5.83. The molecule has 0 fully saturated rings. The first-order valence-corrected chi connectivity index (χ1v) is 8.81. The van der Waals surface area contributed by atoms with Gasteiger partial charge in [0.25, 0.3) is 5.69 Å². The van der Waals surface area contributed by atoms with Crippen molar-refractivity contribution >= 4 is 29.0 Å². The number of carbonyl (C=O) groups excluding carboxylic acids is 1. The number of hydrogen-bond acceptors (Lipinski definition) is 4. The monoisotopic (exact) mass is 342 g/mol. The van der Waals surface area contributed by atoms with Crippen molar-refractivity contribution in [2.24, 2.45) is 0 Å². The van der Waals surface area contributed by atoms with Crippen LogP contribution in [0.5, 0.6) is 0 Å². The zero-order chi connectivity index (χ0) is 17.1. The fourth-order valence-electron chi connectivity index (χ4n) is 2.93. The Hall–Kier alpha value is -2.34. The van der Waals surface area contributed by atoms with Crippen LogP contribution in [0.3, 0.4) is 0 Å². The third-order valence-corrected chi connectivity index (χ3v) is 5.21. The summed E-state index contributed by atoms with van der Waals surface area (Å²) in [6, 6.07) is 11.1. The van der Waals surface area contributed by atoms with Gasteiger partial charge in [-0.25, -0.2) is 0 Å². The lowest BCUT2D eigenvalue weighted by Crippen LogP contribution is -2.15. The largest absolute Gasteiger partial charge is 0.325 e. The Labute approximate surface area is 144 Å². The van der Waals surface area contributed by atoms with E-state index < -0.39 is 4.92 Å². The number of nitrogens with zero attached hydrogens (tertiary/aromatic N) is 1. The fraction of sp³-hybridized carbons (Fsp3) is 0.278. The zero-order valence-electron chi connectivity index (χ0n) is 13.4. The molecule has 1 amide bonds. The van der Waals surface area contributed by atoms with Gasteiger partial charge in [0.15, 0.2) is 0 Å². The van der Waals surface area contributed by atoms with E-state index in [9.17, 15) is 14.9 Å². The lowest BCUT2D eigenvalue weighted by Gasteiger charge is -2.09. The summed E-state index contributed by atoms with van der Waals surface area (Å²) < 4.78 is 0. The molecule has 0 atom stereocenters. The molecule has 3 rings (SSSR count). The summed E-state index contributed by atoms with van der Waals surface area (Å²) in [5.41, 5.74) is 3.77. The van der Waals surface area contributed by atoms with Crippen molar-refractivity contribution in [1.82, 2.24) is 0 Å². The van der Waals surface area contributed by atoms with Gasteiger partial charge in [0.05, 0.1) is 21.9 Å². The molecule has 0 saturated heterocycles. The molecule has 1 aliphatic carbocycles. The van der Waals surface area contributed by atoms with Crippen LogP contribution in [0.25, 0.3) is 0 Å². The number of rotatable bonds is 5. The van der Waals surface area contributed by atoms with E-state index in [1.807, 2.05) is 0 Å². The number of nitro groups is 1. The van der Waals surface area contributed by atoms with Crippen LogP contribution in [-0.4, -0.2) is 16.6 Å². The van der Waals surface area contributed by atoms with Gasteiger partial charge in [0.1, 0.15) is 0 Å². The van der Waals surface area contributed by atoms with E-state index in [2.05, 4.69) is 23.5 Å². The topological polar surface area (TPSA) is 72.2 Å². The molecule has 0 spiro atoms. The van der Waals surface area contributed by atoms with E-state index in [4.69, 9.17) is 0 Å². The van der Waals surface area contributed by atoms with Gasteiger partial charge in [-0.3, -0.25) is 14.9 Å². The van der Waals surface area contributed by atoms with E-state index in [1.165, 1.54) is 35.4 Å². The molecule has 0 unspecified atom stereocenters. The van der Waals surface area contributed by atoms with Gasteiger partial charge in [-0.2, -0.15) is 0 Å². The lowest BCUT2D eigenvalue weighted by atomic mass is 10.1. The molecule has 124 valence electrons. The van der Waals surface area contributed by atoms with Gasteiger partial charge in [-0.1, -0.05) is 12.1 Å². The molecule has 24 heavy (non-hydrogen) atoms. The van der Waals surface area contributed by atoms with E-state index in [0.717, 1.165) is 17.7 Å². The molecule has 1 N–H and O–H groups in total. The minimum absolute atomic E-state index is 0.0130. The Morgan fingerprint density at radius 3 is 2.83 bits per heavy atom. The smallest absolute Gasteiger partial charge is 0.274 e. The Balaban J connectivity index is 1.62. The summed E-state index contributed by atoms with van der Waals surface area (Å²) in [7, 11) is 0. The second-order valence-corrected chi connectivity index (χ2v) is 6.88. The summed E-state index contributed by atoms with van der Waals surface area (Å²) in [5, 5.41) is 13.7. The number of anilines is 1. The first kappa shape index (κ1) is 16.5. The van der Waals surface area contributed by atoms with Crippen LogP contribution < -0.4 is 5.32 Å². The van der Waals surface area contributed by atoms with E-state index in [-0.39, 0.29) is 17.3 Å². The molecule has 1 aliphatic rings. The maximum absolute atomic E-state index is 12.2. The van der Waals surface area contributed by atoms with Crippen LogP contribution in [-0.2, 0) is 17.6 Å². The minimum atomic E-state index is -0.440. The molecule has 2 aromatic carbocycles. The lowest BCUT2D eigenvalue weighted by molar-refractivity contribution is -0.385. The number of nitro benzene ring substituents is 1. The highest BCUT2D eigenvalue weighted by molar-refractivity contribution is 8.00. The Morgan fingerprint density at radius 1 is 1.25 bits per heavy atom. The van der Waals surface area contributed by atoms with Crippen molar-refractivity contribution in [1.29, 1.82) is 0 Å². The highest BCUT2D eigenvalue weighted by Crippen LogP contribution is 2.28. The van der Waals surface area contributed by atoms with Crippen molar-refractivity contribution in [3.63, 3.8) is 0 Å². The Kier molecular flexibility index (Phi) is 4.85. The summed E-state index contributed by atoms with van der Waals surface area (Å²) in [4.78, 5) is 23.7. The summed E-state index contributed by atoms with van der Waals surface area (Å²) >= 11 is 1.48. The number of nitrogens with one attached hydrogen (secondary N) is 1. The van der Waals surface area contributed by atoms with Crippen molar-refractivity contribution in [3.05, 3.63) is 63.2 Å². The van der Waals surface area contributed by atoms with Crippen LogP contribution in [0.15, 0.2) is 41.3 Å². The first-order valence-electron chi connectivity index (χ1n) is 7.83. The average molecular weight is 342 g/mol. The molecule has 0 aromatic heterocycles. The average Bonchev–Trinajstić information content (AvgIpc) is 3.02. The number of amides is 1. The Morgan fingerprint density at radius 2 is 2.04 bits per heavy atom. The molecular weight excluding hydrogens is 324 g/mol. The SMILES string of the molecule is Cc1c(NC(=O)CSc2ccc3c(c2)CCC3)cccc1[N+](=O)[O-]. The fourth-order valence-corrected chi connectivity index (χ4v) is 3.69. The molecular formula is C18H18N2O3S. The van der Waals surface area contributed by atoms with Gasteiger partial charge in [0, 0.05) is 11.0 Å². The van der Waals surface area contributed by atoms with Crippen LogP contribution in [0.1, 0.15) is 23.1 Å². The van der Waals surface area contributed by atoms with Crippen LogP contribution >= 0.6 is 11.8 Å². The number of thioether (sulfide) groups is 1. The molecule has 6 heteroatoms. The highest BCUT2D eigenvalue weighted by atomic mass is 32.2. The number of carbonyl (C=O) groups is 1. The third-order valence-electron chi connectivity index (χ3n) is 4.22. The normalized spacial score (nSPS) is 12.7. The maximum atomic E-state index is 12.2. The van der Waals surface area contributed by atoms with Gasteiger partial charge in [0.2, 0.25) is 5.91 Å². The van der Waals surface area contributed by atoms with Crippen molar-refractivity contribution in [3.8, 4) is 0 Å². The number of benzene rings is 2. The summed E-state index contributed by atoms with van der Waals surface area (Å²) in [6.07, 6.45) is 3.46. The number of hydrogen-bond donors (Lipinski definition) is 1. The number of aryl methyl sites for hydroxylation is 2. The second kappa shape index (κ2) is 7.05. The Bertz CT molecular complexity index is 805.